The highest BCUT2D eigenvalue weighted by atomic mass is 32.2. The minimum absolute atomic E-state index is 0.131. The van der Waals surface area contributed by atoms with Crippen molar-refractivity contribution >= 4 is 28.9 Å². The Balaban J connectivity index is 2.31. The molecule has 1 fully saturated rings. The lowest BCUT2D eigenvalue weighted by Crippen LogP contribution is -2.18. The van der Waals surface area contributed by atoms with E-state index >= 15 is 0 Å². The highest BCUT2D eigenvalue weighted by Crippen LogP contribution is 2.25. The second-order valence-corrected chi connectivity index (χ2v) is 4.04. The number of amidine groups is 1. The van der Waals surface area contributed by atoms with Gasteiger partial charge in [0.25, 0.3) is 5.91 Å². The van der Waals surface area contributed by atoms with Crippen molar-refractivity contribution in [3.8, 4) is 5.75 Å². The monoisotopic (exact) mass is 220 g/mol. The number of rotatable bonds is 1. The predicted molar refractivity (Wildman–Crippen MR) is 59.5 cm³/mol. The van der Waals surface area contributed by atoms with E-state index in [9.17, 15) is 9.90 Å². The van der Waals surface area contributed by atoms with Gasteiger partial charge in [-0.2, -0.15) is 0 Å². The molecule has 1 aromatic carbocycles. The summed E-state index contributed by atoms with van der Waals surface area (Å²) in [6.07, 6.45) is 1.64. The molecule has 1 aromatic rings. The van der Waals surface area contributed by atoms with Crippen LogP contribution >= 0.6 is 11.8 Å². The van der Waals surface area contributed by atoms with Gasteiger partial charge in [0.15, 0.2) is 5.17 Å². The van der Waals surface area contributed by atoms with E-state index in [1.807, 2.05) is 0 Å². The van der Waals surface area contributed by atoms with E-state index in [1.54, 1.807) is 30.3 Å². The van der Waals surface area contributed by atoms with Crippen LogP contribution in [0.15, 0.2) is 29.2 Å². The van der Waals surface area contributed by atoms with Crippen molar-refractivity contribution in [1.29, 1.82) is 5.41 Å². The minimum Gasteiger partial charge on any atom is -0.508 e. The molecule has 3 N–H and O–H groups in total. The minimum atomic E-state index is -0.270. The summed E-state index contributed by atoms with van der Waals surface area (Å²) < 4.78 is 0. The fourth-order valence-corrected chi connectivity index (χ4v) is 1.91. The number of hydrogen-bond donors (Lipinski definition) is 3. The fourth-order valence-electron chi connectivity index (χ4n) is 1.21. The molecule has 0 saturated carbocycles. The first kappa shape index (κ1) is 9.79. The van der Waals surface area contributed by atoms with E-state index in [0.717, 1.165) is 17.3 Å². The quantitative estimate of drug-likeness (QED) is 0.628. The number of nitrogens with one attached hydrogen (secondary N) is 2. The van der Waals surface area contributed by atoms with Crippen molar-refractivity contribution < 1.29 is 9.90 Å². The van der Waals surface area contributed by atoms with Crippen LogP contribution in [0.3, 0.4) is 0 Å². The summed E-state index contributed by atoms with van der Waals surface area (Å²) in [4.78, 5) is 11.7. The summed E-state index contributed by atoms with van der Waals surface area (Å²) in [6, 6.07) is 6.60. The highest BCUT2D eigenvalue weighted by Gasteiger charge is 2.21. The second kappa shape index (κ2) is 3.78. The van der Waals surface area contributed by atoms with Crippen molar-refractivity contribution in [2.45, 2.75) is 0 Å². The number of benzene rings is 1. The van der Waals surface area contributed by atoms with Gasteiger partial charge in [0.2, 0.25) is 0 Å². The van der Waals surface area contributed by atoms with Gasteiger partial charge in [-0.3, -0.25) is 10.2 Å². The number of thioether (sulfide) groups is 1. The Kier molecular flexibility index (Phi) is 2.47. The molecule has 5 heteroatoms. The third-order valence-electron chi connectivity index (χ3n) is 1.83. The second-order valence-electron chi connectivity index (χ2n) is 2.99. The zero-order valence-corrected chi connectivity index (χ0v) is 8.47. The molecule has 1 saturated heterocycles. The largest absolute Gasteiger partial charge is 0.508 e. The van der Waals surface area contributed by atoms with Crippen LogP contribution in [0.4, 0.5) is 0 Å². The topological polar surface area (TPSA) is 73.2 Å². The third-order valence-corrected chi connectivity index (χ3v) is 2.66. The summed E-state index contributed by atoms with van der Waals surface area (Å²) >= 11 is 1.08. The van der Waals surface area contributed by atoms with Gasteiger partial charge >= 0.3 is 0 Å². The zero-order valence-electron chi connectivity index (χ0n) is 7.65. The lowest BCUT2D eigenvalue weighted by molar-refractivity contribution is -0.115. The van der Waals surface area contributed by atoms with Gasteiger partial charge in [0.05, 0.1) is 4.91 Å². The highest BCUT2D eigenvalue weighted by molar-refractivity contribution is 8.18. The van der Waals surface area contributed by atoms with Crippen molar-refractivity contribution in [1.82, 2.24) is 5.32 Å². The molecule has 0 atom stereocenters. The van der Waals surface area contributed by atoms with Crippen LogP contribution in [0.2, 0.25) is 0 Å². The number of carbonyl (C=O) groups is 1. The molecule has 1 aliphatic heterocycles. The Labute approximate surface area is 90.5 Å². The van der Waals surface area contributed by atoms with Gasteiger partial charge in [-0.25, -0.2) is 0 Å². The smallest absolute Gasteiger partial charge is 0.264 e. The van der Waals surface area contributed by atoms with Gasteiger partial charge < -0.3 is 10.4 Å². The molecule has 15 heavy (non-hydrogen) atoms. The Morgan fingerprint density at radius 1 is 1.47 bits per heavy atom. The summed E-state index contributed by atoms with van der Waals surface area (Å²) in [5.74, 6) is -0.115. The van der Waals surface area contributed by atoms with Gasteiger partial charge in [0.1, 0.15) is 5.75 Å². The SMILES string of the molecule is N=C1NC(=O)C(=Cc2cccc(O)c2)S1. The van der Waals surface area contributed by atoms with Crippen molar-refractivity contribution in [2.75, 3.05) is 0 Å². The third kappa shape index (κ3) is 2.19. The summed E-state index contributed by atoms with van der Waals surface area (Å²) in [5, 5.41) is 19.0. The molecule has 2 rings (SSSR count). The summed E-state index contributed by atoms with van der Waals surface area (Å²) in [7, 11) is 0. The molecule has 0 radical (unpaired) electrons. The number of aromatic hydroxyl groups is 1. The molecule has 1 heterocycles. The number of phenolic OH excluding ortho intramolecular Hbond substituents is 1. The first-order valence-corrected chi connectivity index (χ1v) is 5.05. The maximum Gasteiger partial charge on any atom is 0.264 e. The molecule has 1 amide bonds. The Morgan fingerprint density at radius 3 is 2.87 bits per heavy atom. The summed E-state index contributed by atoms with van der Waals surface area (Å²) in [5.41, 5.74) is 0.738. The Hall–Kier alpha value is -1.75. The van der Waals surface area contributed by atoms with Gasteiger partial charge in [-0.05, 0) is 35.5 Å². The summed E-state index contributed by atoms with van der Waals surface area (Å²) in [6.45, 7) is 0. The maximum absolute atomic E-state index is 11.3. The van der Waals surface area contributed by atoms with Gasteiger partial charge in [0, 0.05) is 0 Å². The normalized spacial score (nSPS) is 18.3. The fraction of sp³-hybridized carbons (Fsp3) is 0. The Morgan fingerprint density at radius 2 is 2.27 bits per heavy atom. The van der Waals surface area contributed by atoms with E-state index in [-0.39, 0.29) is 16.8 Å². The van der Waals surface area contributed by atoms with Gasteiger partial charge in [-0.1, -0.05) is 12.1 Å². The van der Waals surface area contributed by atoms with E-state index in [2.05, 4.69) is 5.32 Å². The number of carbonyl (C=O) groups excluding carboxylic acids is 1. The van der Waals surface area contributed by atoms with Crippen LogP contribution in [0.1, 0.15) is 5.56 Å². The molecular formula is C10H8N2O2S. The van der Waals surface area contributed by atoms with Crippen molar-refractivity contribution in [3.05, 3.63) is 34.7 Å². The first-order valence-electron chi connectivity index (χ1n) is 4.23. The van der Waals surface area contributed by atoms with Crippen molar-refractivity contribution in [2.24, 2.45) is 0 Å². The first-order chi connectivity index (χ1) is 7.15. The number of amides is 1. The molecule has 0 aromatic heterocycles. The molecule has 0 spiro atoms. The number of phenols is 1. The molecule has 0 unspecified atom stereocenters. The molecule has 0 aliphatic carbocycles. The predicted octanol–water partition coefficient (Wildman–Crippen LogP) is 1.53. The lowest BCUT2D eigenvalue weighted by Gasteiger charge is -1.95. The van der Waals surface area contributed by atoms with Crippen LogP contribution in [0.25, 0.3) is 6.08 Å². The molecule has 0 bridgehead atoms. The van der Waals surface area contributed by atoms with Crippen LogP contribution in [-0.4, -0.2) is 16.2 Å². The molecular weight excluding hydrogens is 212 g/mol. The standard InChI is InChI=1S/C10H8N2O2S/c11-10-12-9(14)8(15-10)5-6-2-1-3-7(13)4-6/h1-5,13H,(H2,11,12,14). The molecule has 1 aliphatic rings. The van der Waals surface area contributed by atoms with E-state index in [1.165, 1.54) is 0 Å². The van der Waals surface area contributed by atoms with Gasteiger partial charge in [-0.15, -0.1) is 0 Å². The van der Waals surface area contributed by atoms with E-state index < -0.39 is 0 Å². The number of hydrogen-bond acceptors (Lipinski definition) is 4. The molecule has 76 valence electrons. The van der Waals surface area contributed by atoms with Crippen molar-refractivity contribution in [3.63, 3.8) is 0 Å². The van der Waals surface area contributed by atoms with E-state index in [4.69, 9.17) is 5.41 Å². The zero-order chi connectivity index (χ0) is 10.8. The average Bonchev–Trinajstić information content (AvgIpc) is 2.45. The van der Waals surface area contributed by atoms with Crippen LogP contribution in [-0.2, 0) is 4.79 Å². The maximum atomic E-state index is 11.3. The van der Waals surface area contributed by atoms with Crippen LogP contribution in [0.5, 0.6) is 5.75 Å². The van der Waals surface area contributed by atoms with E-state index in [0.29, 0.717) is 4.91 Å². The molecule has 4 nitrogen and oxygen atoms in total. The lowest BCUT2D eigenvalue weighted by atomic mass is 10.2. The Bertz CT molecular complexity index is 468. The van der Waals surface area contributed by atoms with Crippen LogP contribution in [0, 0.1) is 5.41 Å². The van der Waals surface area contributed by atoms with Crippen LogP contribution < -0.4 is 5.32 Å². The average molecular weight is 220 g/mol.